The molecule has 0 unspecified atom stereocenters. The summed E-state index contributed by atoms with van der Waals surface area (Å²) in [5, 5.41) is 0. The van der Waals surface area contributed by atoms with Crippen LogP contribution in [0.2, 0.25) is 0 Å². The fourth-order valence-corrected chi connectivity index (χ4v) is 2.42. The van der Waals surface area contributed by atoms with E-state index in [4.69, 9.17) is 11.6 Å². The first-order valence-corrected chi connectivity index (χ1v) is 5.04. The Morgan fingerprint density at radius 2 is 2.00 bits per heavy atom. The molecule has 2 atom stereocenters. The maximum absolute atomic E-state index is 6.16. The van der Waals surface area contributed by atoms with Crippen molar-refractivity contribution in [2.45, 2.75) is 51.3 Å². The largest absolute Gasteiger partial charge is 0.120 e. The van der Waals surface area contributed by atoms with Crippen LogP contribution in [0.25, 0.3) is 0 Å². The third-order valence-electron chi connectivity index (χ3n) is 2.58. The molecule has 0 saturated heterocycles. The Bertz CT molecular complexity index is 123. The molecule has 1 saturated carbocycles. The highest BCUT2D eigenvalue weighted by Gasteiger charge is 2.26. The summed E-state index contributed by atoms with van der Waals surface area (Å²) < 4.78 is 0. The van der Waals surface area contributed by atoms with Crippen molar-refractivity contribution in [1.82, 2.24) is 0 Å². The van der Waals surface area contributed by atoms with E-state index in [1.165, 1.54) is 25.7 Å². The molecule has 1 heteroatoms. The third-order valence-corrected chi connectivity index (χ3v) is 2.73. The van der Waals surface area contributed by atoms with Crippen LogP contribution in [0.15, 0.2) is 0 Å². The summed E-state index contributed by atoms with van der Waals surface area (Å²) in [5.74, 6) is 1.84. The Morgan fingerprint density at radius 1 is 1.36 bits per heavy atom. The van der Waals surface area contributed by atoms with E-state index in [0.717, 1.165) is 11.8 Å². The quantitative estimate of drug-likeness (QED) is 0.559. The molecule has 0 radical (unpaired) electrons. The summed E-state index contributed by atoms with van der Waals surface area (Å²) in [6.07, 6.45) is 5.41. The Morgan fingerprint density at radius 3 is 2.36 bits per heavy atom. The minimum absolute atomic E-state index is 0.0225. The van der Waals surface area contributed by atoms with Crippen LogP contribution < -0.4 is 0 Å². The van der Waals surface area contributed by atoms with E-state index in [1.54, 1.807) is 0 Å². The second kappa shape index (κ2) is 3.35. The smallest absolute Gasteiger partial charge is 0.0393 e. The lowest BCUT2D eigenvalue weighted by molar-refractivity contribution is 0.426. The van der Waals surface area contributed by atoms with Gasteiger partial charge in [-0.05, 0) is 38.5 Å². The van der Waals surface area contributed by atoms with Gasteiger partial charge in [-0.1, -0.05) is 19.8 Å². The second-order valence-electron chi connectivity index (χ2n) is 4.71. The highest BCUT2D eigenvalue weighted by molar-refractivity contribution is 6.23. The van der Waals surface area contributed by atoms with Crippen LogP contribution >= 0.6 is 11.6 Å². The molecule has 11 heavy (non-hydrogen) atoms. The number of alkyl halides is 1. The molecule has 0 N–H and O–H groups in total. The van der Waals surface area contributed by atoms with E-state index in [1.807, 2.05) is 0 Å². The molecule has 0 bridgehead atoms. The third kappa shape index (κ3) is 3.46. The Balaban J connectivity index is 2.29. The van der Waals surface area contributed by atoms with Gasteiger partial charge in [0.2, 0.25) is 0 Å². The lowest BCUT2D eigenvalue weighted by Gasteiger charge is -2.20. The van der Waals surface area contributed by atoms with E-state index in [-0.39, 0.29) is 4.87 Å². The first-order valence-electron chi connectivity index (χ1n) is 4.66. The van der Waals surface area contributed by atoms with Gasteiger partial charge in [0, 0.05) is 4.87 Å². The van der Waals surface area contributed by atoms with E-state index in [2.05, 4.69) is 20.8 Å². The zero-order valence-corrected chi connectivity index (χ0v) is 8.62. The van der Waals surface area contributed by atoms with Gasteiger partial charge in [0.25, 0.3) is 0 Å². The first-order chi connectivity index (χ1) is 4.97. The van der Waals surface area contributed by atoms with Gasteiger partial charge in [-0.2, -0.15) is 0 Å². The average molecular weight is 175 g/mol. The highest BCUT2D eigenvalue weighted by atomic mass is 35.5. The maximum Gasteiger partial charge on any atom is 0.0393 e. The zero-order valence-electron chi connectivity index (χ0n) is 7.86. The highest BCUT2D eigenvalue weighted by Crippen LogP contribution is 2.37. The summed E-state index contributed by atoms with van der Waals surface area (Å²) >= 11 is 6.16. The molecule has 1 aliphatic carbocycles. The van der Waals surface area contributed by atoms with E-state index >= 15 is 0 Å². The van der Waals surface area contributed by atoms with Crippen LogP contribution in [0, 0.1) is 11.8 Å². The van der Waals surface area contributed by atoms with Crippen LogP contribution in [0.4, 0.5) is 0 Å². The Hall–Kier alpha value is 0.290. The van der Waals surface area contributed by atoms with Crippen LogP contribution in [-0.4, -0.2) is 4.87 Å². The molecule has 0 aromatic heterocycles. The monoisotopic (exact) mass is 174 g/mol. The van der Waals surface area contributed by atoms with Crippen molar-refractivity contribution in [2.75, 3.05) is 0 Å². The number of hydrogen-bond acceptors (Lipinski definition) is 0. The number of rotatable bonds is 2. The zero-order chi connectivity index (χ0) is 8.48. The number of hydrogen-bond donors (Lipinski definition) is 0. The molecule has 1 rings (SSSR count). The maximum atomic E-state index is 6.16. The fourth-order valence-electron chi connectivity index (χ4n) is 2.20. The standard InChI is InChI=1S/C10H19Cl/c1-8-4-5-9(6-8)7-10(2,3)11/h8-9H,4-7H2,1-3H3/t8-,9+/m1/s1. The molecule has 66 valence electrons. The molecule has 0 nitrogen and oxygen atoms in total. The van der Waals surface area contributed by atoms with Crippen molar-refractivity contribution in [3.8, 4) is 0 Å². The molecule has 0 aromatic rings. The van der Waals surface area contributed by atoms with Gasteiger partial charge in [0.15, 0.2) is 0 Å². The van der Waals surface area contributed by atoms with Crippen molar-refractivity contribution >= 4 is 11.6 Å². The van der Waals surface area contributed by atoms with Gasteiger partial charge in [0.05, 0.1) is 0 Å². The van der Waals surface area contributed by atoms with Crippen molar-refractivity contribution in [3.63, 3.8) is 0 Å². The van der Waals surface area contributed by atoms with Crippen LogP contribution in [0.1, 0.15) is 46.5 Å². The summed E-state index contributed by atoms with van der Waals surface area (Å²) in [6.45, 7) is 6.59. The summed E-state index contributed by atoms with van der Waals surface area (Å²) in [4.78, 5) is 0.0225. The van der Waals surface area contributed by atoms with E-state index < -0.39 is 0 Å². The summed E-state index contributed by atoms with van der Waals surface area (Å²) in [5.41, 5.74) is 0. The molecule has 0 aromatic carbocycles. The molecule has 0 spiro atoms. The van der Waals surface area contributed by atoms with Crippen molar-refractivity contribution in [3.05, 3.63) is 0 Å². The second-order valence-corrected chi connectivity index (χ2v) is 5.73. The molecular formula is C10H19Cl. The van der Waals surface area contributed by atoms with Gasteiger partial charge in [-0.25, -0.2) is 0 Å². The van der Waals surface area contributed by atoms with Gasteiger partial charge < -0.3 is 0 Å². The Labute approximate surface area is 75.3 Å². The first kappa shape index (κ1) is 9.38. The molecule has 0 amide bonds. The van der Waals surface area contributed by atoms with Gasteiger partial charge in [-0.3, -0.25) is 0 Å². The molecular weight excluding hydrogens is 156 g/mol. The lowest BCUT2D eigenvalue weighted by atomic mass is 9.94. The van der Waals surface area contributed by atoms with Crippen LogP contribution in [0.3, 0.4) is 0 Å². The topological polar surface area (TPSA) is 0 Å². The van der Waals surface area contributed by atoms with Gasteiger partial charge >= 0.3 is 0 Å². The average Bonchev–Trinajstić information content (AvgIpc) is 2.10. The minimum Gasteiger partial charge on any atom is -0.120 e. The predicted molar refractivity (Wildman–Crippen MR) is 51.1 cm³/mol. The van der Waals surface area contributed by atoms with Gasteiger partial charge in [-0.15, -0.1) is 11.6 Å². The molecule has 0 heterocycles. The van der Waals surface area contributed by atoms with Crippen molar-refractivity contribution in [1.29, 1.82) is 0 Å². The molecule has 1 aliphatic rings. The summed E-state index contributed by atoms with van der Waals surface area (Å²) in [6, 6.07) is 0. The fraction of sp³-hybridized carbons (Fsp3) is 1.00. The van der Waals surface area contributed by atoms with Gasteiger partial charge in [0.1, 0.15) is 0 Å². The van der Waals surface area contributed by atoms with E-state index in [0.29, 0.717) is 0 Å². The minimum atomic E-state index is 0.0225. The molecule has 0 aliphatic heterocycles. The molecule has 1 fully saturated rings. The van der Waals surface area contributed by atoms with Crippen LogP contribution in [-0.2, 0) is 0 Å². The predicted octanol–water partition coefficient (Wildman–Crippen LogP) is 3.83. The van der Waals surface area contributed by atoms with E-state index in [9.17, 15) is 0 Å². The van der Waals surface area contributed by atoms with Crippen LogP contribution in [0.5, 0.6) is 0 Å². The normalized spacial score (nSPS) is 32.7. The SMILES string of the molecule is C[C@@H]1CC[C@H](CC(C)(C)Cl)C1. The van der Waals surface area contributed by atoms with Crippen molar-refractivity contribution in [2.24, 2.45) is 11.8 Å². The lowest BCUT2D eigenvalue weighted by Crippen LogP contribution is -2.15. The summed E-state index contributed by atoms with van der Waals surface area (Å²) in [7, 11) is 0. The van der Waals surface area contributed by atoms with Crippen molar-refractivity contribution < 1.29 is 0 Å². The number of halogens is 1. The Kier molecular flexibility index (Phi) is 2.85.